The molecule has 3 aliphatic rings. The molecule has 3 aliphatic heterocycles. The Morgan fingerprint density at radius 1 is 1.11 bits per heavy atom. The summed E-state index contributed by atoms with van der Waals surface area (Å²) in [5.41, 5.74) is 2.16. The maximum absolute atomic E-state index is 13.5. The standard InChI is InChI=1S/C34H42ClN5O4S/c1-21(2)33-37-38-34(45-33)28-7-6-27(18-29(28)35)44-30-17-23(4-5-24(30)20-40-19-22(3)16-31(40)41)32(42)36-25-8-12-39(13-9-25)26-10-14-43-15-11-26/h4-7,17-18,21-22,25-26H,8-16,19-20H2,1-3H3,(H,36,42)/t22-/m0/s1. The lowest BCUT2D eigenvalue weighted by molar-refractivity contribution is -0.128. The van der Waals surface area contributed by atoms with Crippen molar-refractivity contribution in [3.63, 3.8) is 0 Å². The van der Waals surface area contributed by atoms with Crippen LogP contribution in [0.3, 0.4) is 0 Å². The van der Waals surface area contributed by atoms with Crippen LogP contribution in [0.4, 0.5) is 0 Å². The number of nitrogens with zero attached hydrogens (tertiary/aromatic N) is 4. The van der Waals surface area contributed by atoms with Crippen LogP contribution < -0.4 is 10.1 Å². The lowest BCUT2D eigenvalue weighted by Crippen LogP contribution is -2.49. The molecule has 0 saturated carbocycles. The molecule has 1 atom stereocenters. The first-order chi connectivity index (χ1) is 21.7. The number of aromatic nitrogens is 2. The minimum absolute atomic E-state index is 0.118. The topological polar surface area (TPSA) is 96.9 Å². The summed E-state index contributed by atoms with van der Waals surface area (Å²) in [4.78, 5) is 30.5. The van der Waals surface area contributed by atoms with Crippen LogP contribution in [0.25, 0.3) is 10.6 Å². The van der Waals surface area contributed by atoms with Gasteiger partial charge in [0.1, 0.15) is 21.5 Å². The van der Waals surface area contributed by atoms with E-state index in [1.807, 2.05) is 29.2 Å². The second-order valence-electron chi connectivity index (χ2n) is 12.9. The molecule has 0 radical (unpaired) electrons. The summed E-state index contributed by atoms with van der Waals surface area (Å²) in [6, 6.07) is 11.7. The van der Waals surface area contributed by atoms with Crippen molar-refractivity contribution in [2.24, 2.45) is 5.92 Å². The van der Waals surface area contributed by atoms with Crippen molar-refractivity contribution in [3.05, 3.63) is 57.6 Å². The normalized spacial score (nSPS) is 20.2. The van der Waals surface area contributed by atoms with Gasteiger partial charge in [0.15, 0.2) is 0 Å². The lowest BCUT2D eigenvalue weighted by Gasteiger charge is -2.39. The van der Waals surface area contributed by atoms with Crippen molar-refractivity contribution in [3.8, 4) is 22.1 Å². The van der Waals surface area contributed by atoms with Crippen LogP contribution >= 0.6 is 22.9 Å². The number of amides is 2. The van der Waals surface area contributed by atoms with Gasteiger partial charge in [-0.3, -0.25) is 9.59 Å². The molecule has 4 heterocycles. The van der Waals surface area contributed by atoms with E-state index in [1.54, 1.807) is 12.1 Å². The monoisotopic (exact) mass is 651 g/mol. The van der Waals surface area contributed by atoms with E-state index in [9.17, 15) is 9.59 Å². The SMILES string of the molecule is CC(C)c1nnc(-c2ccc(Oc3cc(C(=O)NC4CCN(C5CCOCC5)CC4)ccc3CN3C[C@@H](C)CC3=O)cc2Cl)s1. The first kappa shape index (κ1) is 31.9. The smallest absolute Gasteiger partial charge is 0.251 e. The van der Waals surface area contributed by atoms with Gasteiger partial charge in [-0.25, -0.2) is 0 Å². The molecular formula is C34H42ClN5O4S. The van der Waals surface area contributed by atoms with Crippen LogP contribution in [0.5, 0.6) is 11.5 Å². The maximum atomic E-state index is 13.5. The van der Waals surface area contributed by atoms with Gasteiger partial charge in [-0.2, -0.15) is 0 Å². The van der Waals surface area contributed by atoms with Crippen LogP contribution in [-0.2, 0) is 16.1 Å². The molecule has 1 N–H and O–H groups in total. The first-order valence-electron chi connectivity index (χ1n) is 16.1. The number of benzene rings is 2. The van der Waals surface area contributed by atoms with Crippen LogP contribution in [-0.4, -0.2) is 76.7 Å². The minimum Gasteiger partial charge on any atom is -0.457 e. The highest BCUT2D eigenvalue weighted by Gasteiger charge is 2.29. The Labute approximate surface area is 274 Å². The third-order valence-electron chi connectivity index (χ3n) is 9.00. The van der Waals surface area contributed by atoms with E-state index in [2.05, 4.69) is 41.2 Å². The summed E-state index contributed by atoms with van der Waals surface area (Å²) in [6.07, 6.45) is 4.58. The summed E-state index contributed by atoms with van der Waals surface area (Å²) in [5, 5.41) is 14.1. The molecule has 0 bridgehead atoms. The van der Waals surface area contributed by atoms with Gasteiger partial charge in [0.05, 0.1) is 5.02 Å². The molecule has 0 aliphatic carbocycles. The number of piperidine rings is 1. The Bertz CT molecular complexity index is 1520. The quantitative estimate of drug-likeness (QED) is 0.282. The highest BCUT2D eigenvalue weighted by atomic mass is 35.5. The average molecular weight is 652 g/mol. The van der Waals surface area contributed by atoms with E-state index in [-0.39, 0.29) is 23.8 Å². The average Bonchev–Trinajstić information content (AvgIpc) is 3.65. The van der Waals surface area contributed by atoms with E-state index in [0.717, 1.165) is 73.1 Å². The Kier molecular flexibility index (Phi) is 10.0. The van der Waals surface area contributed by atoms with E-state index in [0.29, 0.717) is 53.6 Å². The molecule has 0 unspecified atom stereocenters. The molecule has 1 aromatic heterocycles. The Morgan fingerprint density at radius 3 is 2.56 bits per heavy atom. The molecule has 3 fully saturated rings. The predicted molar refractivity (Wildman–Crippen MR) is 176 cm³/mol. The Balaban J connectivity index is 1.18. The van der Waals surface area contributed by atoms with E-state index in [4.69, 9.17) is 21.1 Å². The predicted octanol–water partition coefficient (Wildman–Crippen LogP) is 6.52. The molecule has 45 heavy (non-hydrogen) atoms. The number of nitrogens with one attached hydrogen (secondary N) is 1. The summed E-state index contributed by atoms with van der Waals surface area (Å²) >= 11 is 8.24. The zero-order chi connectivity index (χ0) is 31.5. The van der Waals surface area contributed by atoms with Crippen LogP contribution in [0.1, 0.15) is 79.7 Å². The van der Waals surface area contributed by atoms with E-state index in [1.165, 1.54) is 11.3 Å². The van der Waals surface area contributed by atoms with E-state index >= 15 is 0 Å². The van der Waals surface area contributed by atoms with Crippen molar-refractivity contribution >= 4 is 34.8 Å². The van der Waals surface area contributed by atoms with Gasteiger partial charge in [-0.05, 0) is 55.9 Å². The van der Waals surface area contributed by atoms with Crippen molar-refractivity contribution in [2.45, 2.75) is 77.4 Å². The molecule has 3 aromatic rings. The van der Waals surface area contributed by atoms with Gasteiger partial charge >= 0.3 is 0 Å². The molecule has 0 spiro atoms. The summed E-state index contributed by atoms with van der Waals surface area (Å²) < 4.78 is 11.9. The number of carbonyl (C=O) groups is 2. The lowest BCUT2D eigenvalue weighted by atomic mass is 9.99. The third-order valence-corrected chi connectivity index (χ3v) is 10.6. The highest BCUT2D eigenvalue weighted by Crippen LogP contribution is 2.37. The number of hydrogen-bond acceptors (Lipinski definition) is 8. The number of carbonyl (C=O) groups excluding carboxylic acids is 2. The fourth-order valence-electron chi connectivity index (χ4n) is 6.41. The minimum atomic E-state index is -0.118. The maximum Gasteiger partial charge on any atom is 0.251 e. The van der Waals surface area contributed by atoms with Gasteiger partial charge in [-0.15, -0.1) is 10.2 Å². The fourth-order valence-corrected chi connectivity index (χ4v) is 7.62. The third kappa shape index (κ3) is 7.68. The van der Waals surface area contributed by atoms with Crippen molar-refractivity contribution < 1.29 is 19.1 Å². The second-order valence-corrected chi connectivity index (χ2v) is 14.3. The van der Waals surface area contributed by atoms with Gasteiger partial charge in [0.25, 0.3) is 5.91 Å². The van der Waals surface area contributed by atoms with Gasteiger partial charge in [0, 0.05) is 86.6 Å². The second kappa shape index (κ2) is 14.2. The zero-order valence-corrected chi connectivity index (χ0v) is 27.8. The van der Waals surface area contributed by atoms with Crippen molar-refractivity contribution in [1.82, 2.24) is 25.3 Å². The molecule has 2 aromatic carbocycles. The molecule has 240 valence electrons. The number of rotatable bonds is 9. The molecule has 2 amide bonds. The number of hydrogen-bond donors (Lipinski definition) is 1. The molecular weight excluding hydrogens is 610 g/mol. The molecule has 6 rings (SSSR count). The van der Waals surface area contributed by atoms with Crippen LogP contribution in [0.2, 0.25) is 5.02 Å². The van der Waals surface area contributed by atoms with Crippen molar-refractivity contribution in [2.75, 3.05) is 32.8 Å². The van der Waals surface area contributed by atoms with Crippen LogP contribution in [0, 0.1) is 5.92 Å². The Morgan fingerprint density at radius 2 is 1.89 bits per heavy atom. The van der Waals surface area contributed by atoms with Crippen molar-refractivity contribution in [1.29, 1.82) is 0 Å². The summed E-state index contributed by atoms with van der Waals surface area (Å²) in [7, 11) is 0. The van der Waals surface area contributed by atoms with Gasteiger partial charge in [0.2, 0.25) is 5.91 Å². The largest absolute Gasteiger partial charge is 0.457 e. The Hall–Kier alpha value is -3.05. The van der Waals surface area contributed by atoms with Crippen LogP contribution in [0.15, 0.2) is 36.4 Å². The number of ether oxygens (including phenoxy) is 2. The van der Waals surface area contributed by atoms with Gasteiger partial charge < -0.3 is 24.6 Å². The molecule has 3 saturated heterocycles. The zero-order valence-electron chi connectivity index (χ0n) is 26.3. The number of likely N-dealkylation sites (tertiary alicyclic amines) is 2. The highest BCUT2D eigenvalue weighted by molar-refractivity contribution is 7.14. The summed E-state index contributed by atoms with van der Waals surface area (Å²) in [5.74, 6) is 1.69. The molecule has 11 heteroatoms. The van der Waals surface area contributed by atoms with Gasteiger partial charge in [-0.1, -0.05) is 49.8 Å². The van der Waals surface area contributed by atoms with E-state index < -0.39 is 0 Å². The fraction of sp³-hybridized carbons (Fsp3) is 0.529. The molecule has 9 nitrogen and oxygen atoms in total. The summed E-state index contributed by atoms with van der Waals surface area (Å²) in [6.45, 7) is 11.0. The number of halogens is 1. The first-order valence-corrected chi connectivity index (χ1v) is 17.3.